The number of likely N-dealkylation sites (tertiary alicyclic amines) is 1. The highest BCUT2D eigenvalue weighted by Crippen LogP contribution is 2.35. The van der Waals surface area contributed by atoms with Crippen molar-refractivity contribution in [2.75, 3.05) is 13.1 Å². The number of pyridine rings is 1. The van der Waals surface area contributed by atoms with Crippen LogP contribution < -0.4 is 0 Å². The van der Waals surface area contributed by atoms with E-state index in [0.29, 0.717) is 6.54 Å². The Morgan fingerprint density at radius 3 is 2.92 bits per heavy atom. The van der Waals surface area contributed by atoms with Crippen molar-refractivity contribution in [1.82, 2.24) is 9.88 Å². The number of piperidine rings is 1. The number of aromatic nitrogens is 1. The molecule has 3 aromatic rings. The zero-order valence-electron chi connectivity index (χ0n) is 13.8. The minimum absolute atomic E-state index is 0.106. The molecule has 128 valence electrons. The number of para-hydroxylation sites is 1. The quantitative estimate of drug-likeness (QED) is 0.786. The molecule has 0 bridgehead atoms. The van der Waals surface area contributed by atoms with Crippen molar-refractivity contribution in [3.8, 4) is 0 Å². The van der Waals surface area contributed by atoms with Crippen molar-refractivity contribution in [1.29, 1.82) is 0 Å². The maximum atomic E-state index is 11.5. The summed E-state index contributed by atoms with van der Waals surface area (Å²) in [6.07, 6.45) is 5.08. The lowest BCUT2D eigenvalue weighted by molar-refractivity contribution is -0.143. The van der Waals surface area contributed by atoms with Crippen LogP contribution >= 0.6 is 0 Å². The molecule has 1 aliphatic heterocycles. The van der Waals surface area contributed by atoms with Gasteiger partial charge >= 0.3 is 5.97 Å². The molecule has 5 nitrogen and oxygen atoms in total. The highest BCUT2D eigenvalue weighted by molar-refractivity contribution is 5.82. The highest BCUT2D eigenvalue weighted by atomic mass is 16.4. The summed E-state index contributed by atoms with van der Waals surface area (Å²) in [5, 5.41) is 10.5. The zero-order valence-corrected chi connectivity index (χ0v) is 13.8. The van der Waals surface area contributed by atoms with Crippen LogP contribution in [0.2, 0.25) is 0 Å². The Bertz CT molecular complexity index is 870. The third-order valence-electron chi connectivity index (χ3n) is 4.96. The van der Waals surface area contributed by atoms with Gasteiger partial charge in [0, 0.05) is 18.1 Å². The van der Waals surface area contributed by atoms with Crippen molar-refractivity contribution in [3.63, 3.8) is 0 Å². The second-order valence-electron chi connectivity index (χ2n) is 6.51. The first kappa shape index (κ1) is 15.8. The first-order chi connectivity index (χ1) is 12.2. The van der Waals surface area contributed by atoms with Gasteiger partial charge in [-0.1, -0.05) is 18.2 Å². The van der Waals surface area contributed by atoms with E-state index in [1.807, 2.05) is 42.6 Å². The van der Waals surface area contributed by atoms with Gasteiger partial charge in [0.25, 0.3) is 0 Å². The van der Waals surface area contributed by atoms with Crippen LogP contribution in [0.3, 0.4) is 0 Å². The summed E-state index contributed by atoms with van der Waals surface area (Å²) >= 11 is 0. The number of nitrogens with zero attached hydrogens (tertiary/aromatic N) is 2. The molecule has 5 heteroatoms. The molecule has 0 saturated carbocycles. The molecule has 1 aromatic carbocycles. The molecule has 0 aliphatic carbocycles. The van der Waals surface area contributed by atoms with Gasteiger partial charge in [-0.2, -0.15) is 0 Å². The van der Waals surface area contributed by atoms with Crippen molar-refractivity contribution >= 4 is 16.9 Å². The van der Waals surface area contributed by atoms with E-state index >= 15 is 0 Å². The molecule has 3 heterocycles. The van der Waals surface area contributed by atoms with Gasteiger partial charge in [0.2, 0.25) is 0 Å². The highest BCUT2D eigenvalue weighted by Gasteiger charge is 2.33. The van der Waals surface area contributed by atoms with E-state index < -0.39 is 5.97 Å². The van der Waals surface area contributed by atoms with Gasteiger partial charge in [-0.25, -0.2) is 0 Å². The molecular weight excluding hydrogens is 316 g/mol. The summed E-state index contributed by atoms with van der Waals surface area (Å²) in [7, 11) is 0. The number of rotatable bonds is 4. The molecule has 0 radical (unpaired) electrons. The van der Waals surface area contributed by atoms with Crippen molar-refractivity contribution in [3.05, 3.63) is 66.2 Å². The van der Waals surface area contributed by atoms with E-state index in [2.05, 4.69) is 16.0 Å². The number of furan rings is 1. The fourth-order valence-electron chi connectivity index (χ4n) is 3.78. The summed E-state index contributed by atoms with van der Waals surface area (Å²) in [5.41, 5.74) is 2.04. The van der Waals surface area contributed by atoms with Gasteiger partial charge in [-0.3, -0.25) is 14.7 Å². The number of fused-ring (bicyclic) bond motifs is 1. The number of carboxylic acid groups (broad SMARTS) is 1. The molecule has 2 atom stereocenters. The molecule has 0 spiro atoms. The maximum absolute atomic E-state index is 11.5. The van der Waals surface area contributed by atoms with Crippen LogP contribution in [0.15, 0.2) is 59.3 Å². The van der Waals surface area contributed by atoms with E-state index in [1.54, 1.807) is 6.26 Å². The van der Waals surface area contributed by atoms with E-state index in [-0.39, 0.29) is 12.0 Å². The molecule has 2 unspecified atom stereocenters. The summed E-state index contributed by atoms with van der Waals surface area (Å²) in [6, 6.07) is 13.8. The summed E-state index contributed by atoms with van der Waals surface area (Å²) in [4.78, 5) is 18.2. The predicted molar refractivity (Wildman–Crippen MR) is 94.2 cm³/mol. The Hall–Kier alpha value is -2.66. The molecule has 25 heavy (non-hydrogen) atoms. The summed E-state index contributed by atoms with van der Waals surface area (Å²) < 4.78 is 5.74. The number of benzene rings is 1. The van der Waals surface area contributed by atoms with Gasteiger partial charge < -0.3 is 9.52 Å². The monoisotopic (exact) mass is 336 g/mol. The normalized spacial score (nSPS) is 19.8. The third-order valence-corrected chi connectivity index (χ3v) is 4.96. The Morgan fingerprint density at radius 2 is 2.12 bits per heavy atom. The number of carbonyl (C=O) groups is 1. The third kappa shape index (κ3) is 3.03. The van der Waals surface area contributed by atoms with Crippen molar-refractivity contribution in [2.45, 2.75) is 18.9 Å². The molecule has 4 rings (SSSR count). The van der Waals surface area contributed by atoms with Gasteiger partial charge in [-0.05, 0) is 49.2 Å². The van der Waals surface area contributed by atoms with Crippen LogP contribution in [0.4, 0.5) is 0 Å². The predicted octanol–water partition coefficient (Wildman–Crippen LogP) is 3.71. The molecule has 2 aromatic heterocycles. The molecule has 1 saturated heterocycles. The molecule has 1 N–H and O–H groups in total. The lowest BCUT2D eigenvalue weighted by Gasteiger charge is -2.36. The van der Waals surface area contributed by atoms with Gasteiger partial charge in [0.05, 0.1) is 23.7 Å². The van der Waals surface area contributed by atoms with E-state index in [0.717, 1.165) is 41.6 Å². The molecular formula is C20H20N2O3. The molecule has 1 fully saturated rings. The Kier molecular flexibility index (Phi) is 4.24. The van der Waals surface area contributed by atoms with Crippen molar-refractivity contribution < 1.29 is 14.3 Å². The molecule has 0 amide bonds. The SMILES string of the molecule is O=C(O)C1CCCN(C(c2ccco2)c2ccnc3ccccc23)C1. The lowest BCUT2D eigenvalue weighted by atomic mass is 9.92. The summed E-state index contributed by atoms with van der Waals surface area (Å²) in [5.74, 6) is -0.218. The average molecular weight is 336 g/mol. The van der Waals surface area contributed by atoms with E-state index in [1.165, 1.54) is 0 Å². The Morgan fingerprint density at radius 1 is 1.24 bits per heavy atom. The maximum Gasteiger partial charge on any atom is 0.307 e. The summed E-state index contributed by atoms with van der Waals surface area (Å²) in [6.45, 7) is 1.38. The number of carboxylic acids is 1. The van der Waals surface area contributed by atoms with Crippen LogP contribution in [0, 0.1) is 5.92 Å². The number of hydrogen-bond donors (Lipinski definition) is 1. The van der Waals surface area contributed by atoms with Gasteiger partial charge in [0.15, 0.2) is 0 Å². The van der Waals surface area contributed by atoms with Crippen LogP contribution in [-0.2, 0) is 4.79 Å². The van der Waals surface area contributed by atoms with Crippen LogP contribution in [0.5, 0.6) is 0 Å². The number of aliphatic carboxylic acids is 1. The topological polar surface area (TPSA) is 66.6 Å². The first-order valence-electron chi connectivity index (χ1n) is 8.58. The fraction of sp³-hybridized carbons (Fsp3) is 0.300. The lowest BCUT2D eigenvalue weighted by Crippen LogP contribution is -2.41. The van der Waals surface area contributed by atoms with Gasteiger partial charge in [0.1, 0.15) is 5.76 Å². The second-order valence-corrected chi connectivity index (χ2v) is 6.51. The van der Waals surface area contributed by atoms with E-state index in [4.69, 9.17) is 4.42 Å². The standard InChI is InChI=1S/C20H20N2O3/c23-20(24)14-5-3-11-22(13-14)19(18-8-4-12-25-18)16-9-10-21-17-7-2-1-6-15(16)17/h1-2,4,6-10,12,14,19H,3,5,11,13H2,(H,23,24). The second kappa shape index (κ2) is 6.69. The van der Waals surface area contributed by atoms with Crippen LogP contribution in [-0.4, -0.2) is 34.0 Å². The van der Waals surface area contributed by atoms with Crippen LogP contribution in [0.1, 0.15) is 30.2 Å². The number of hydrogen-bond acceptors (Lipinski definition) is 4. The van der Waals surface area contributed by atoms with Gasteiger partial charge in [-0.15, -0.1) is 0 Å². The smallest absolute Gasteiger partial charge is 0.307 e. The Labute approximate surface area is 145 Å². The fourth-order valence-corrected chi connectivity index (χ4v) is 3.78. The van der Waals surface area contributed by atoms with Crippen LogP contribution in [0.25, 0.3) is 10.9 Å². The largest absolute Gasteiger partial charge is 0.481 e. The van der Waals surface area contributed by atoms with Crippen molar-refractivity contribution in [2.24, 2.45) is 5.92 Å². The minimum Gasteiger partial charge on any atom is -0.481 e. The average Bonchev–Trinajstić information content (AvgIpc) is 3.17. The minimum atomic E-state index is -0.720. The Balaban J connectivity index is 1.80. The zero-order chi connectivity index (χ0) is 17.2. The molecule has 1 aliphatic rings. The van der Waals surface area contributed by atoms with E-state index in [9.17, 15) is 9.90 Å². The first-order valence-corrected chi connectivity index (χ1v) is 8.58.